The fraction of sp³-hybridized carbons (Fsp3) is 0. The zero-order valence-electron chi connectivity index (χ0n) is 7.75. The Labute approximate surface area is 87.9 Å². The van der Waals surface area contributed by atoms with Crippen molar-refractivity contribution in [1.82, 2.24) is 9.97 Å². The van der Waals surface area contributed by atoms with Crippen LogP contribution in [0.1, 0.15) is 10.5 Å². The van der Waals surface area contributed by atoms with Crippen LogP contribution in [-0.4, -0.2) is 21.2 Å². The molecular formula is C9H4FN3O3. The number of hydrogen-bond donors (Lipinski definition) is 0. The maximum Gasteiger partial charge on any atom is 0.309 e. The number of aromatic nitrogens is 2. The zero-order valence-corrected chi connectivity index (χ0v) is 7.75. The van der Waals surface area contributed by atoms with E-state index in [-0.39, 0.29) is 22.3 Å². The second-order valence-electron chi connectivity index (χ2n) is 2.95. The number of halogens is 1. The zero-order chi connectivity index (χ0) is 11.7. The Morgan fingerprint density at radius 2 is 2.12 bits per heavy atom. The van der Waals surface area contributed by atoms with E-state index in [1.165, 1.54) is 12.1 Å². The first-order chi connectivity index (χ1) is 7.61. The number of hydrogen-bond acceptors (Lipinski definition) is 5. The number of carbonyl (C=O) groups is 1. The molecule has 1 aromatic carbocycles. The highest BCUT2D eigenvalue weighted by Crippen LogP contribution is 2.20. The van der Waals surface area contributed by atoms with E-state index in [0.717, 1.165) is 6.07 Å². The lowest BCUT2D eigenvalue weighted by Crippen LogP contribution is -1.98. The highest BCUT2D eigenvalue weighted by atomic mass is 19.1. The molecule has 0 saturated carbocycles. The van der Waals surface area contributed by atoms with Crippen molar-refractivity contribution in [3.8, 4) is 0 Å². The van der Waals surface area contributed by atoms with Gasteiger partial charge in [0, 0.05) is 17.5 Å². The highest BCUT2D eigenvalue weighted by Gasteiger charge is 2.12. The molecule has 80 valence electrons. The van der Waals surface area contributed by atoms with Gasteiger partial charge >= 0.3 is 6.08 Å². The van der Waals surface area contributed by atoms with Crippen LogP contribution in [0, 0.1) is 16.2 Å². The normalized spacial score (nSPS) is 10.3. The van der Waals surface area contributed by atoms with Crippen LogP contribution >= 0.6 is 0 Å². The van der Waals surface area contributed by atoms with Crippen LogP contribution in [0.15, 0.2) is 18.2 Å². The van der Waals surface area contributed by atoms with Crippen LogP contribution in [0.2, 0.25) is 0 Å². The Morgan fingerprint density at radius 1 is 1.38 bits per heavy atom. The number of fused-ring (bicyclic) bond motifs is 1. The topological polar surface area (TPSA) is 86.0 Å². The number of carbonyl (C=O) groups excluding carboxylic acids is 1. The van der Waals surface area contributed by atoms with E-state index >= 15 is 0 Å². The van der Waals surface area contributed by atoms with Gasteiger partial charge in [-0.25, -0.2) is 4.98 Å². The average molecular weight is 221 g/mol. The molecule has 2 aromatic rings. The largest absolute Gasteiger partial charge is 0.309 e. The predicted octanol–water partition coefficient (Wildman–Crippen LogP) is 1.49. The third kappa shape index (κ3) is 1.58. The van der Waals surface area contributed by atoms with Crippen molar-refractivity contribution in [2.24, 2.45) is 0 Å². The lowest BCUT2D eigenvalue weighted by molar-refractivity contribution is -0.384. The summed E-state index contributed by atoms with van der Waals surface area (Å²) < 4.78 is 12.8. The second kappa shape index (κ2) is 3.61. The molecule has 2 rings (SSSR count). The van der Waals surface area contributed by atoms with Gasteiger partial charge in [-0.2, -0.15) is 9.37 Å². The third-order valence-corrected chi connectivity index (χ3v) is 2.00. The molecule has 1 heterocycles. The summed E-state index contributed by atoms with van der Waals surface area (Å²) in [5.41, 5.74) is -0.253. The van der Waals surface area contributed by atoms with Gasteiger partial charge < -0.3 is 0 Å². The Morgan fingerprint density at radius 3 is 2.75 bits per heavy atom. The molecule has 0 spiro atoms. The van der Waals surface area contributed by atoms with Crippen molar-refractivity contribution in [1.29, 1.82) is 0 Å². The number of nitro groups is 1. The average Bonchev–Trinajstić information content (AvgIpc) is 2.27. The first-order valence-corrected chi connectivity index (χ1v) is 4.18. The van der Waals surface area contributed by atoms with E-state index in [1.807, 2.05) is 0 Å². The minimum Gasteiger partial charge on any atom is -0.296 e. The van der Waals surface area contributed by atoms with Gasteiger partial charge in [-0.15, -0.1) is 0 Å². The van der Waals surface area contributed by atoms with Gasteiger partial charge in [0.25, 0.3) is 5.69 Å². The molecule has 0 radical (unpaired) electrons. The van der Waals surface area contributed by atoms with Gasteiger partial charge in [-0.3, -0.25) is 14.9 Å². The van der Waals surface area contributed by atoms with Crippen molar-refractivity contribution in [2.45, 2.75) is 0 Å². The summed E-state index contributed by atoms with van der Waals surface area (Å²) in [5, 5.41) is 10.7. The lowest BCUT2D eigenvalue weighted by atomic mass is 10.2. The summed E-state index contributed by atoms with van der Waals surface area (Å²) in [6, 6.07) is 3.59. The Bertz CT molecular complexity index is 600. The molecule has 1 aromatic heterocycles. The Hall–Kier alpha value is -2.44. The molecule has 0 N–H and O–H groups in total. The minimum atomic E-state index is -1.04. The molecule has 0 amide bonds. The van der Waals surface area contributed by atoms with Gasteiger partial charge in [-0.05, 0) is 6.07 Å². The number of nitro benzene ring substituents is 1. The predicted molar refractivity (Wildman–Crippen MR) is 51.5 cm³/mol. The SMILES string of the molecule is O=Cc1nc(F)nc2ccc([N+](=O)[O-])cc12. The smallest absolute Gasteiger partial charge is 0.296 e. The molecule has 0 atom stereocenters. The van der Waals surface area contributed by atoms with Gasteiger partial charge in [0.05, 0.1) is 10.4 Å². The minimum absolute atomic E-state index is 0.153. The van der Waals surface area contributed by atoms with E-state index in [1.54, 1.807) is 0 Å². The van der Waals surface area contributed by atoms with Crippen molar-refractivity contribution >= 4 is 22.9 Å². The van der Waals surface area contributed by atoms with E-state index in [9.17, 15) is 19.3 Å². The van der Waals surface area contributed by atoms with Crippen molar-refractivity contribution in [2.75, 3.05) is 0 Å². The first-order valence-electron chi connectivity index (χ1n) is 4.18. The summed E-state index contributed by atoms with van der Waals surface area (Å²) in [4.78, 5) is 27.2. The van der Waals surface area contributed by atoms with Gasteiger partial charge in [-0.1, -0.05) is 0 Å². The van der Waals surface area contributed by atoms with Crippen LogP contribution in [0.25, 0.3) is 10.9 Å². The number of rotatable bonds is 2. The molecule has 16 heavy (non-hydrogen) atoms. The lowest BCUT2D eigenvalue weighted by Gasteiger charge is -1.99. The summed E-state index contributed by atoms with van der Waals surface area (Å²) >= 11 is 0. The highest BCUT2D eigenvalue weighted by molar-refractivity contribution is 5.95. The molecule has 0 fully saturated rings. The van der Waals surface area contributed by atoms with Crippen LogP contribution in [-0.2, 0) is 0 Å². The third-order valence-electron chi connectivity index (χ3n) is 2.00. The van der Waals surface area contributed by atoms with Gasteiger partial charge in [0.2, 0.25) is 0 Å². The maximum atomic E-state index is 12.8. The molecule has 6 nitrogen and oxygen atoms in total. The number of non-ortho nitro benzene ring substituents is 1. The Kier molecular flexibility index (Phi) is 2.28. The van der Waals surface area contributed by atoms with E-state index < -0.39 is 11.0 Å². The standard InChI is InChI=1S/C9H4FN3O3/c10-9-11-7-2-1-5(13(15)16)3-6(7)8(4-14)12-9/h1-4H. The van der Waals surface area contributed by atoms with E-state index in [4.69, 9.17) is 0 Å². The van der Waals surface area contributed by atoms with Crippen LogP contribution in [0.4, 0.5) is 10.1 Å². The molecular weight excluding hydrogens is 217 g/mol. The van der Waals surface area contributed by atoms with Crippen molar-refractivity contribution < 1.29 is 14.1 Å². The molecule has 0 aliphatic rings. The van der Waals surface area contributed by atoms with Gasteiger partial charge in [0.15, 0.2) is 6.29 Å². The van der Waals surface area contributed by atoms with Crippen molar-refractivity contribution in [3.63, 3.8) is 0 Å². The van der Waals surface area contributed by atoms with Crippen molar-refractivity contribution in [3.05, 3.63) is 40.1 Å². The van der Waals surface area contributed by atoms with Gasteiger partial charge in [0.1, 0.15) is 5.69 Å². The van der Waals surface area contributed by atoms with Crippen LogP contribution in [0.5, 0.6) is 0 Å². The summed E-state index contributed by atoms with van der Waals surface area (Å²) in [5.74, 6) is 0. The fourth-order valence-corrected chi connectivity index (χ4v) is 1.31. The van der Waals surface area contributed by atoms with E-state index in [2.05, 4.69) is 9.97 Å². The maximum absolute atomic E-state index is 12.8. The molecule has 0 unspecified atom stereocenters. The first kappa shape index (κ1) is 10.1. The molecule has 0 aliphatic heterocycles. The monoisotopic (exact) mass is 221 g/mol. The van der Waals surface area contributed by atoms with Crippen LogP contribution in [0.3, 0.4) is 0 Å². The molecule has 0 saturated heterocycles. The fourth-order valence-electron chi connectivity index (χ4n) is 1.31. The summed E-state index contributed by atoms with van der Waals surface area (Å²) in [7, 11) is 0. The second-order valence-corrected chi connectivity index (χ2v) is 2.95. The molecule has 0 aliphatic carbocycles. The number of benzene rings is 1. The number of nitrogens with zero attached hydrogens (tertiary/aromatic N) is 3. The molecule has 7 heteroatoms. The summed E-state index contributed by atoms with van der Waals surface area (Å²) in [6.07, 6.45) is -0.708. The van der Waals surface area contributed by atoms with Crippen LogP contribution < -0.4 is 0 Å². The van der Waals surface area contributed by atoms with E-state index in [0.29, 0.717) is 6.29 Å². The molecule has 0 bridgehead atoms. The Balaban J connectivity index is 2.80. The number of aldehydes is 1. The summed E-state index contributed by atoms with van der Waals surface area (Å²) in [6.45, 7) is 0. The quantitative estimate of drug-likeness (QED) is 0.332.